The number of rotatable bonds is 1. The Morgan fingerprint density at radius 1 is 1.10 bits per heavy atom. The Hall–Kier alpha value is -1.32. The summed E-state index contributed by atoms with van der Waals surface area (Å²) in [6.07, 6.45) is 0.853. The first kappa shape index (κ1) is 13.7. The molecule has 2 N–H and O–H groups in total. The minimum absolute atomic E-state index is 0.0255. The minimum Gasteiger partial charge on any atom is -0.485 e. The quantitative estimate of drug-likeness (QED) is 0.829. The van der Waals surface area contributed by atoms with Crippen LogP contribution in [-0.2, 0) is 0 Å². The summed E-state index contributed by atoms with van der Waals surface area (Å²) in [7, 11) is 0. The zero-order valence-electron chi connectivity index (χ0n) is 11.7. The summed E-state index contributed by atoms with van der Waals surface area (Å²) in [5.74, 6) is 0.892. The Morgan fingerprint density at radius 2 is 1.85 bits per heavy atom. The summed E-state index contributed by atoms with van der Waals surface area (Å²) in [5.41, 5.74) is 11.2. The highest BCUT2D eigenvalue weighted by Crippen LogP contribution is 2.41. The van der Waals surface area contributed by atoms with Crippen LogP contribution in [0.25, 0.3) is 0 Å². The molecule has 1 aliphatic rings. The van der Waals surface area contributed by atoms with Crippen molar-refractivity contribution in [1.29, 1.82) is 0 Å². The van der Waals surface area contributed by atoms with Gasteiger partial charge in [0, 0.05) is 22.5 Å². The van der Waals surface area contributed by atoms with Crippen LogP contribution in [0.4, 0.5) is 0 Å². The summed E-state index contributed by atoms with van der Waals surface area (Å²) < 4.78 is 7.20. The largest absolute Gasteiger partial charge is 0.485 e. The fraction of sp³-hybridized carbons (Fsp3) is 0.294. The van der Waals surface area contributed by atoms with Gasteiger partial charge in [0.1, 0.15) is 11.9 Å². The van der Waals surface area contributed by atoms with Crippen LogP contribution in [0.2, 0.25) is 0 Å². The summed E-state index contributed by atoms with van der Waals surface area (Å²) in [6, 6.07) is 12.6. The topological polar surface area (TPSA) is 35.2 Å². The van der Waals surface area contributed by atoms with Gasteiger partial charge in [-0.3, -0.25) is 0 Å². The predicted octanol–water partition coefficient (Wildman–Crippen LogP) is 4.59. The van der Waals surface area contributed by atoms with Gasteiger partial charge in [0.25, 0.3) is 0 Å². The molecule has 0 radical (unpaired) electrons. The molecule has 2 unspecified atom stereocenters. The molecule has 0 saturated carbocycles. The molecule has 0 aromatic heterocycles. The van der Waals surface area contributed by atoms with Crippen LogP contribution in [0.15, 0.2) is 40.9 Å². The molecular formula is C17H18BrNO. The molecule has 2 aromatic rings. The van der Waals surface area contributed by atoms with E-state index in [1.807, 2.05) is 18.2 Å². The maximum absolute atomic E-state index is 6.31. The second-order valence-corrected chi connectivity index (χ2v) is 6.41. The molecule has 0 bridgehead atoms. The van der Waals surface area contributed by atoms with Gasteiger partial charge in [-0.2, -0.15) is 0 Å². The average Bonchev–Trinajstić information content (AvgIpc) is 2.37. The van der Waals surface area contributed by atoms with Gasteiger partial charge in [-0.05, 0) is 37.1 Å². The van der Waals surface area contributed by atoms with Crippen LogP contribution >= 0.6 is 15.9 Å². The minimum atomic E-state index is 0.0255. The number of nitrogens with two attached hydrogens (primary N) is 1. The van der Waals surface area contributed by atoms with E-state index in [1.54, 1.807) is 0 Å². The number of hydrogen-bond donors (Lipinski definition) is 1. The van der Waals surface area contributed by atoms with Crippen molar-refractivity contribution < 1.29 is 4.74 Å². The zero-order chi connectivity index (χ0) is 14.3. The van der Waals surface area contributed by atoms with Crippen LogP contribution in [-0.4, -0.2) is 0 Å². The van der Waals surface area contributed by atoms with Crippen molar-refractivity contribution in [2.45, 2.75) is 32.4 Å². The molecule has 104 valence electrons. The van der Waals surface area contributed by atoms with Crippen LogP contribution < -0.4 is 10.5 Å². The van der Waals surface area contributed by atoms with E-state index in [9.17, 15) is 0 Å². The molecule has 20 heavy (non-hydrogen) atoms. The number of ether oxygens (including phenoxy) is 1. The van der Waals surface area contributed by atoms with Crippen molar-refractivity contribution in [2.75, 3.05) is 0 Å². The van der Waals surface area contributed by atoms with Crippen LogP contribution in [0, 0.1) is 13.8 Å². The third kappa shape index (κ3) is 2.48. The normalized spacial score (nSPS) is 21.2. The van der Waals surface area contributed by atoms with Crippen molar-refractivity contribution in [1.82, 2.24) is 0 Å². The van der Waals surface area contributed by atoms with Gasteiger partial charge in [0.15, 0.2) is 0 Å². The van der Waals surface area contributed by atoms with Crippen LogP contribution in [0.5, 0.6) is 5.75 Å². The smallest absolute Gasteiger partial charge is 0.126 e. The first-order chi connectivity index (χ1) is 9.54. The van der Waals surface area contributed by atoms with E-state index in [4.69, 9.17) is 10.5 Å². The summed E-state index contributed by atoms with van der Waals surface area (Å²) in [4.78, 5) is 0. The second kappa shape index (κ2) is 5.23. The molecule has 0 fully saturated rings. The van der Waals surface area contributed by atoms with Crippen LogP contribution in [0.1, 0.15) is 40.8 Å². The summed E-state index contributed by atoms with van der Waals surface area (Å²) >= 11 is 3.49. The zero-order valence-corrected chi connectivity index (χ0v) is 13.3. The molecule has 1 aliphatic heterocycles. The van der Waals surface area contributed by atoms with Gasteiger partial charge >= 0.3 is 0 Å². The maximum Gasteiger partial charge on any atom is 0.126 e. The molecule has 0 amide bonds. The van der Waals surface area contributed by atoms with Gasteiger partial charge < -0.3 is 10.5 Å². The van der Waals surface area contributed by atoms with Crippen molar-refractivity contribution in [3.63, 3.8) is 0 Å². The molecule has 2 nitrogen and oxygen atoms in total. The first-order valence-electron chi connectivity index (χ1n) is 6.83. The van der Waals surface area contributed by atoms with Gasteiger partial charge in [0.05, 0.1) is 0 Å². The first-order valence-corrected chi connectivity index (χ1v) is 7.63. The molecule has 0 aliphatic carbocycles. The van der Waals surface area contributed by atoms with E-state index >= 15 is 0 Å². The number of aryl methyl sites for hydroxylation is 2. The molecule has 3 rings (SSSR count). The predicted molar refractivity (Wildman–Crippen MR) is 85.0 cm³/mol. The third-order valence-corrected chi connectivity index (χ3v) is 4.38. The van der Waals surface area contributed by atoms with Crippen LogP contribution in [0.3, 0.4) is 0 Å². The van der Waals surface area contributed by atoms with Crippen molar-refractivity contribution in [3.05, 3.63) is 63.1 Å². The molecule has 0 spiro atoms. The van der Waals surface area contributed by atoms with Gasteiger partial charge in [-0.15, -0.1) is 0 Å². The van der Waals surface area contributed by atoms with E-state index in [-0.39, 0.29) is 12.1 Å². The fourth-order valence-electron chi connectivity index (χ4n) is 2.85. The second-order valence-electron chi connectivity index (χ2n) is 5.49. The van der Waals surface area contributed by atoms with E-state index < -0.39 is 0 Å². The Labute approximate surface area is 128 Å². The highest BCUT2D eigenvalue weighted by atomic mass is 79.9. The van der Waals surface area contributed by atoms with E-state index in [2.05, 4.69) is 48.0 Å². The summed E-state index contributed by atoms with van der Waals surface area (Å²) in [6.45, 7) is 4.24. The lowest BCUT2D eigenvalue weighted by atomic mass is 9.91. The van der Waals surface area contributed by atoms with Gasteiger partial charge in [-0.25, -0.2) is 0 Å². The van der Waals surface area contributed by atoms with E-state index in [0.717, 1.165) is 22.2 Å². The van der Waals surface area contributed by atoms with Gasteiger partial charge in [-0.1, -0.05) is 45.8 Å². The number of fused-ring (bicyclic) bond motifs is 1. The number of hydrogen-bond acceptors (Lipinski definition) is 2. The lowest BCUT2D eigenvalue weighted by Gasteiger charge is -2.31. The monoisotopic (exact) mass is 331 g/mol. The van der Waals surface area contributed by atoms with Crippen molar-refractivity contribution in [2.24, 2.45) is 5.73 Å². The van der Waals surface area contributed by atoms with Crippen molar-refractivity contribution in [3.8, 4) is 5.75 Å². The Morgan fingerprint density at radius 3 is 2.60 bits per heavy atom. The SMILES string of the molecule is Cc1ccc(C2CC(N)c3ccc(Br)cc3O2)c(C)c1. The molecule has 3 heteroatoms. The Bertz CT molecular complexity index is 653. The van der Waals surface area contributed by atoms with E-state index in [1.165, 1.54) is 16.7 Å². The molecular weight excluding hydrogens is 314 g/mol. The lowest BCUT2D eigenvalue weighted by Crippen LogP contribution is -2.24. The summed E-state index contributed by atoms with van der Waals surface area (Å²) in [5, 5.41) is 0. The number of halogens is 1. The standard InChI is InChI=1S/C17H18BrNO/c1-10-3-5-13(11(2)7-10)17-9-15(19)14-6-4-12(18)8-16(14)20-17/h3-8,15,17H,9,19H2,1-2H3. The highest BCUT2D eigenvalue weighted by Gasteiger charge is 2.27. The molecule has 2 aromatic carbocycles. The van der Waals surface area contributed by atoms with Gasteiger partial charge in [0.2, 0.25) is 0 Å². The Balaban J connectivity index is 1.98. The highest BCUT2D eigenvalue weighted by molar-refractivity contribution is 9.10. The fourth-order valence-corrected chi connectivity index (χ4v) is 3.19. The van der Waals surface area contributed by atoms with Crippen molar-refractivity contribution >= 4 is 15.9 Å². The molecule has 2 atom stereocenters. The molecule has 0 saturated heterocycles. The lowest BCUT2D eigenvalue weighted by molar-refractivity contribution is 0.161. The third-order valence-electron chi connectivity index (χ3n) is 3.88. The average molecular weight is 332 g/mol. The Kier molecular flexibility index (Phi) is 3.57. The van der Waals surface area contributed by atoms with E-state index in [0.29, 0.717) is 0 Å². The molecule has 1 heterocycles. The maximum atomic E-state index is 6.31. The number of benzene rings is 2.